The first kappa shape index (κ1) is 24.0. The van der Waals surface area contributed by atoms with Crippen LogP contribution in [-0.4, -0.2) is 26.7 Å². The summed E-state index contributed by atoms with van der Waals surface area (Å²) in [6.07, 6.45) is 3.33. The second kappa shape index (κ2) is 10.4. The maximum absolute atomic E-state index is 12.8. The number of carbonyl (C=O) groups excluding carboxylic acids is 1. The summed E-state index contributed by atoms with van der Waals surface area (Å²) in [5, 5.41) is 3.84. The van der Waals surface area contributed by atoms with Gasteiger partial charge in [0.2, 0.25) is 5.91 Å². The van der Waals surface area contributed by atoms with Crippen LogP contribution in [0, 0.1) is 6.92 Å². The van der Waals surface area contributed by atoms with Gasteiger partial charge in [-0.15, -0.1) is 0 Å². The van der Waals surface area contributed by atoms with Gasteiger partial charge in [-0.1, -0.05) is 12.1 Å². The van der Waals surface area contributed by atoms with Crippen molar-refractivity contribution in [2.45, 2.75) is 20.8 Å². The Balaban J connectivity index is 1.75. The lowest BCUT2D eigenvalue weighted by atomic mass is 9.96. The zero-order valence-electron chi connectivity index (χ0n) is 20.6. The summed E-state index contributed by atoms with van der Waals surface area (Å²) in [6, 6.07) is 17.1. The number of aryl methyl sites for hydroxylation is 1. The first-order chi connectivity index (χ1) is 16.9. The number of furan rings is 1. The van der Waals surface area contributed by atoms with Crippen molar-refractivity contribution in [2.75, 3.05) is 26.1 Å². The monoisotopic (exact) mass is 471 g/mol. The lowest BCUT2D eigenvalue weighted by Crippen LogP contribution is -2.09. The highest BCUT2D eigenvalue weighted by molar-refractivity contribution is 6.06. The highest BCUT2D eigenvalue weighted by Gasteiger charge is 2.19. The molecule has 0 radical (unpaired) electrons. The van der Waals surface area contributed by atoms with Crippen LogP contribution < -0.4 is 19.5 Å². The SMILES string of the molecule is CCOc1c(/C(C)=C/C(=O)Nc2ccc(OC)cc2)cc2c(-c3cccc(OC)c3)coc2c1C. The molecule has 0 atom stereocenters. The van der Waals surface area contributed by atoms with E-state index in [0.29, 0.717) is 18.0 Å². The number of amides is 1. The van der Waals surface area contributed by atoms with Crippen molar-refractivity contribution in [2.24, 2.45) is 0 Å². The number of rotatable bonds is 8. The van der Waals surface area contributed by atoms with Crippen molar-refractivity contribution in [3.8, 4) is 28.4 Å². The van der Waals surface area contributed by atoms with E-state index >= 15 is 0 Å². The van der Waals surface area contributed by atoms with Gasteiger partial charge in [0.1, 0.15) is 22.8 Å². The second-order valence-corrected chi connectivity index (χ2v) is 8.11. The molecule has 3 aromatic carbocycles. The number of benzene rings is 3. The first-order valence-corrected chi connectivity index (χ1v) is 11.4. The molecule has 0 aliphatic heterocycles. The smallest absolute Gasteiger partial charge is 0.248 e. The number of anilines is 1. The Labute approximate surface area is 205 Å². The van der Waals surface area contributed by atoms with Crippen LogP contribution in [0.25, 0.3) is 27.7 Å². The minimum absolute atomic E-state index is 0.229. The van der Waals surface area contributed by atoms with Crippen molar-refractivity contribution in [1.29, 1.82) is 0 Å². The number of hydrogen-bond donors (Lipinski definition) is 1. The normalized spacial score (nSPS) is 11.4. The topological polar surface area (TPSA) is 69.9 Å². The Hall–Kier alpha value is -4.19. The van der Waals surface area contributed by atoms with Crippen molar-refractivity contribution in [3.05, 3.63) is 78.1 Å². The number of ether oxygens (including phenoxy) is 3. The van der Waals surface area contributed by atoms with Gasteiger partial charge in [-0.25, -0.2) is 0 Å². The lowest BCUT2D eigenvalue weighted by molar-refractivity contribution is -0.111. The Kier molecular flexibility index (Phi) is 7.11. The minimum Gasteiger partial charge on any atom is -0.497 e. The van der Waals surface area contributed by atoms with Crippen molar-refractivity contribution in [1.82, 2.24) is 0 Å². The number of fused-ring (bicyclic) bond motifs is 1. The van der Waals surface area contributed by atoms with Gasteiger partial charge in [0.15, 0.2) is 0 Å². The van der Waals surface area contributed by atoms with Crippen LogP contribution in [0.3, 0.4) is 0 Å². The van der Waals surface area contributed by atoms with E-state index in [0.717, 1.165) is 50.3 Å². The van der Waals surface area contributed by atoms with E-state index in [4.69, 9.17) is 18.6 Å². The largest absolute Gasteiger partial charge is 0.497 e. The summed E-state index contributed by atoms with van der Waals surface area (Å²) in [4.78, 5) is 12.8. The third-order valence-corrected chi connectivity index (χ3v) is 5.84. The molecule has 0 bridgehead atoms. The molecule has 0 fully saturated rings. The van der Waals surface area contributed by atoms with Crippen LogP contribution in [0.2, 0.25) is 0 Å². The van der Waals surface area contributed by atoms with Gasteiger partial charge in [-0.2, -0.15) is 0 Å². The van der Waals surface area contributed by atoms with Gasteiger partial charge in [-0.05, 0) is 74.4 Å². The molecule has 4 aromatic rings. The Morgan fingerprint density at radius 3 is 2.46 bits per heavy atom. The molecule has 0 saturated carbocycles. The third kappa shape index (κ3) is 5.01. The molecule has 180 valence electrons. The van der Waals surface area contributed by atoms with E-state index in [9.17, 15) is 4.79 Å². The van der Waals surface area contributed by atoms with E-state index in [1.807, 2.05) is 51.1 Å². The van der Waals surface area contributed by atoms with Crippen LogP contribution in [0.15, 0.2) is 71.4 Å². The molecule has 0 unspecified atom stereocenters. The van der Waals surface area contributed by atoms with Gasteiger partial charge < -0.3 is 23.9 Å². The molecule has 35 heavy (non-hydrogen) atoms. The average Bonchev–Trinajstić information content (AvgIpc) is 3.30. The molecule has 0 saturated heterocycles. The predicted molar refractivity (Wildman–Crippen MR) is 139 cm³/mol. The summed E-state index contributed by atoms with van der Waals surface area (Å²) in [5.74, 6) is 1.98. The van der Waals surface area contributed by atoms with E-state index in [-0.39, 0.29) is 5.91 Å². The van der Waals surface area contributed by atoms with Gasteiger partial charge in [-0.3, -0.25) is 4.79 Å². The molecular weight excluding hydrogens is 442 g/mol. The zero-order valence-corrected chi connectivity index (χ0v) is 20.6. The van der Waals surface area contributed by atoms with Crippen LogP contribution >= 0.6 is 0 Å². The predicted octanol–water partition coefficient (Wildman–Crippen LogP) is 6.87. The van der Waals surface area contributed by atoms with Gasteiger partial charge >= 0.3 is 0 Å². The van der Waals surface area contributed by atoms with Gasteiger partial charge in [0.05, 0.1) is 27.1 Å². The van der Waals surface area contributed by atoms with E-state index < -0.39 is 0 Å². The van der Waals surface area contributed by atoms with E-state index in [1.165, 1.54) is 0 Å². The van der Waals surface area contributed by atoms with Crippen LogP contribution in [0.4, 0.5) is 5.69 Å². The Bertz CT molecular complexity index is 1380. The number of carbonyl (C=O) groups is 1. The Morgan fingerprint density at radius 2 is 1.77 bits per heavy atom. The summed E-state index contributed by atoms with van der Waals surface area (Å²) in [7, 11) is 3.25. The fourth-order valence-corrected chi connectivity index (χ4v) is 4.08. The maximum atomic E-state index is 12.8. The second-order valence-electron chi connectivity index (χ2n) is 8.11. The first-order valence-electron chi connectivity index (χ1n) is 11.4. The van der Waals surface area contributed by atoms with Crippen molar-refractivity contribution < 1.29 is 23.4 Å². The molecule has 0 aliphatic carbocycles. The third-order valence-electron chi connectivity index (χ3n) is 5.84. The molecule has 0 spiro atoms. The highest BCUT2D eigenvalue weighted by Crippen LogP contribution is 2.41. The fraction of sp³-hybridized carbons (Fsp3) is 0.207. The fourth-order valence-electron chi connectivity index (χ4n) is 4.08. The lowest BCUT2D eigenvalue weighted by Gasteiger charge is -2.15. The summed E-state index contributed by atoms with van der Waals surface area (Å²) in [6.45, 7) is 6.31. The van der Waals surface area contributed by atoms with Gasteiger partial charge in [0.25, 0.3) is 0 Å². The van der Waals surface area contributed by atoms with E-state index in [2.05, 4.69) is 5.32 Å². The summed E-state index contributed by atoms with van der Waals surface area (Å²) >= 11 is 0. The molecule has 6 heteroatoms. The van der Waals surface area contributed by atoms with Gasteiger partial charge in [0, 0.05) is 33.8 Å². The van der Waals surface area contributed by atoms with Crippen molar-refractivity contribution in [3.63, 3.8) is 0 Å². The van der Waals surface area contributed by atoms with Crippen LogP contribution in [-0.2, 0) is 4.79 Å². The number of allylic oxidation sites excluding steroid dienone is 1. The van der Waals surface area contributed by atoms with Crippen LogP contribution in [0.5, 0.6) is 17.2 Å². The zero-order chi connectivity index (χ0) is 24.9. The minimum atomic E-state index is -0.229. The number of nitrogens with one attached hydrogen (secondary N) is 1. The molecule has 1 N–H and O–H groups in total. The molecule has 1 aromatic heterocycles. The quantitative estimate of drug-likeness (QED) is 0.284. The summed E-state index contributed by atoms with van der Waals surface area (Å²) < 4.78 is 22.6. The molecule has 4 rings (SSSR count). The Morgan fingerprint density at radius 1 is 1.03 bits per heavy atom. The molecule has 6 nitrogen and oxygen atoms in total. The highest BCUT2D eigenvalue weighted by atomic mass is 16.5. The van der Waals surface area contributed by atoms with Crippen LogP contribution in [0.1, 0.15) is 25.0 Å². The standard InChI is InChI=1S/C29H29NO5/c1-6-34-28-19(3)29-25(26(17-35-29)20-8-7-9-23(15-20)33-5)16-24(28)18(2)14-27(31)30-21-10-12-22(32-4)13-11-21/h7-17H,6H2,1-5H3,(H,30,31)/b18-14+. The van der Waals surface area contributed by atoms with E-state index in [1.54, 1.807) is 50.8 Å². The molecule has 1 heterocycles. The molecule has 1 amide bonds. The van der Waals surface area contributed by atoms with Crippen molar-refractivity contribution >= 4 is 28.1 Å². The number of hydrogen-bond acceptors (Lipinski definition) is 5. The average molecular weight is 472 g/mol. The summed E-state index contributed by atoms with van der Waals surface area (Å²) in [5.41, 5.74) is 5.88. The molecular formula is C29H29NO5. The molecule has 0 aliphatic rings. The number of methoxy groups -OCH3 is 2. The maximum Gasteiger partial charge on any atom is 0.248 e.